The van der Waals surface area contributed by atoms with Crippen LogP contribution in [-0.2, 0) is 70.4 Å². The molecule has 3 rings (SSSR count). The number of nitrogens with one attached hydrogen (secondary N) is 7. The maximum absolute atomic E-state index is 14.4. The summed E-state index contributed by atoms with van der Waals surface area (Å²) in [5.74, 6) is -12.0. The molecule has 0 spiro atoms. The Hall–Kier alpha value is -8.24. The van der Waals surface area contributed by atoms with Crippen molar-refractivity contribution in [3.63, 3.8) is 0 Å². The molecule has 4 unspecified atom stereocenters. The van der Waals surface area contributed by atoms with Crippen LogP contribution < -0.4 is 37.2 Å². The number of carbonyl (C=O) groups is 13. The molecule has 32 heteroatoms. The molecule has 91 heavy (non-hydrogen) atoms. The number of carboxylic acid groups (broad SMARTS) is 7. The van der Waals surface area contributed by atoms with Gasteiger partial charge in [-0.25, -0.2) is 19.2 Å². The maximum Gasteiger partial charge on any atom is 0.326 e. The van der Waals surface area contributed by atoms with E-state index in [1.807, 2.05) is 22.6 Å². The molecule has 2 aromatic rings. The number of nitrogens with zero attached hydrogens (tertiary/aromatic N) is 3. The fraction of sp³-hybridized carbons (Fsp3) is 0.576. The molecule has 0 radical (unpaired) electrons. The van der Waals surface area contributed by atoms with Crippen molar-refractivity contribution in [2.75, 3.05) is 65.4 Å². The lowest BCUT2D eigenvalue weighted by molar-refractivity contribution is -0.145. The van der Waals surface area contributed by atoms with Crippen molar-refractivity contribution in [2.45, 2.75) is 152 Å². The van der Waals surface area contributed by atoms with Crippen LogP contribution in [-0.4, -0.2) is 235 Å². The first-order valence-electron chi connectivity index (χ1n) is 30.0. The van der Waals surface area contributed by atoms with E-state index < -0.39 is 121 Å². The van der Waals surface area contributed by atoms with Crippen LogP contribution in [0.3, 0.4) is 0 Å². The number of rotatable bonds is 43. The Labute approximate surface area is 538 Å². The molecule has 1 saturated heterocycles. The molecule has 0 bridgehead atoms. The third-order valence-corrected chi connectivity index (χ3v) is 15.6. The van der Waals surface area contributed by atoms with Gasteiger partial charge in [-0.3, -0.25) is 57.9 Å². The van der Waals surface area contributed by atoms with Gasteiger partial charge in [0.1, 0.15) is 42.0 Å². The van der Waals surface area contributed by atoms with E-state index in [1.54, 1.807) is 51.1 Å². The predicted octanol–water partition coefficient (Wildman–Crippen LogP) is 0.627. The first kappa shape index (κ1) is 77.0. The van der Waals surface area contributed by atoms with Crippen molar-refractivity contribution in [3.05, 3.63) is 63.2 Å². The van der Waals surface area contributed by atoms with E-state index in [2.05, 4.69) is 37.2 Å². The van der Waals surface area contributed by atoms with Crippen molar-refractivity contribution in [2.24, 2.45) is 0 Å². The topological polar surface area (TPSA) is 478 Å². The van der Waals surface area contributed by atoms with Crippen molar-refractivity contribution in [1.29, 1.82) is 0 Å². The number of aromatic hydroxyl groups is 1. The standard InChI is InChI=1S/C59H85IN10O21/c60-39-32-38(18-21-46(39)71)34-43(63-49(74)22-20-45(58(89)90)70-30-28-68(35-51(77)78)26-27-69(29-31-70)36-52(79)80)53(81)65-44(33-37-12-4-3-5-13-37)54(82)64-40(55(83)84)14-8-10-24-61-47(72)16-6-1-2-7-17-48(73)62-25-11-9-15-41(56(85)86)66-59(91)67-42(57(87)88)19-23-50(75)76/h3-5,12-13,18,21,32,40-45,71H,1-2,6-11,14-17,19-20,22-31,33-36H2,(H,61,72)(H,62,73)(H,63,74)(H,64,82)(H,65,81)(H,75,76)(H,77,78)(H,79,80)(H,83,84)(H,85,86)(H,87,88)(H,89,90)(H2,66,67,91)/t40-,41?,42+,43?,44?,45?/m1/s1. The number of hydrogen-bond acceptors (Lipinski definition) is 17. The highest BCUT2D eigenvalue weighted by Gasteiger charge is 2.33. The fourth-order valence-corrected chi connectivity index (χ4v) is 10.4. The van der Waals surface area contributed by atoms with Crippen LogP contribution >= 0.6 is 22.6 Å². The monoisotopic (exact) mass is 1400 g/mol. The van der Waals surface area contributed by atoms with Gasteiger partial charge in [-0.2, -0.15) is 0 Å². The number of urea groups is 1. The molecular formula is C59H85IN10O21. The molecule has 0 aromatic heterocycles. The highest BCUT2D eigenvalue weighted by Crippen LogP contribution is 2.22. The molecule has 6 atom stereocenters. The van der Waals surface area contributed by atoms with Crippen LogP contribution in [0.5, 0.6) is 5.75 Å². The van der Waals surface area contributed by atoms with E-state index in [0.29, 0.717) is 53.2 Å². The normalized spacial score (nSPS) is 15.0. The van der Waals surface area contributed by atoms with Gasteiger partial charge in [0.05, 0.1) is 16.7 Å². The minimum absolute atomic E-state index is 0.0254. The highest BCUT2D eigenvalue weighted by molar-refractivity contribution is 14.1. The molecule has 0 saturated carbocycles. The first-order chi connectivity index (χ1) is 43.2. The van der Waals surface area contributed by atoms with Crippen LogP contribution in [0.4, 0.5) is 4.79 Å². The van der Waals surface area contributed by atoms with E-state index in [0.717, 1.165) is 0 Å². The average Bonchev–Trinajstić information content (AvgIpc) is 1.66. The van der Waals surface area contributed by atoms with Gasteiger partial charge < -0.3 is 78.1 Å². The van der Waals surface area contributed by atoms with Crippen LogP contribution in [0.1, 0.15) is 114 Å². The zero-order valence-corrected chi connectivity index (χ0v) is 52.6. The SMILES string of the molecule is O=C(O)CC[C@H](NC(=O)NC(CCCCNC(=O)CCCCCCC(=O)NCCCC[C@@H](NC(=O)C(Cc1ccccc1)NC(=O)C(Cc1ccc(O)c(I)c1)NC(=O)CCC(C(=O)O)N1CCN(CC(=O)O)CCN(CC(=O)O)CC1)C(=O)O)C(=O)O)C(=O)O. The molecule has 2 aromatic carbocycles. The van der Waals surface area contributed by atoms with Gasteiger partial charge in [0, 0.05) is 90.9 Å². The smallest absolute Gasteiger partial charge is 0.326 e. The van der Waals surface area contributed by atoms with Crippen molar-refractivity contribution in [3.8, 4) is 5.75 Å². The van der Waals surface area contributed by atoms with Crippen LogP contribution in [0.25, 0.3) is 0 Å². The number of aliphatic carboxylic acids is 7. The number of phenolic OH excluding ortho intramolecular Hbond substituents is 1. The highest BCUT2D eigenvalue weighted by atomic mass is 127. The predicted molar refractivity (Wildman–Crippen MR) is 331 cm³/mol. The Morgan fingerprint density at radius 2 is 0.890 bits per heavy atom. The maximum atomic E-state index is 14.4. The number of carboxylic acids is 7. The Morgan fingerprint density at radius 3 is 1.36 bits per heavy atom. The lowest BCUT2D eigenvalue weighted by atomic mass is 10.0. The Bertz CT molecular complexity index is 2750. The lowest BCUT2D eigenvalue weighted by Crippen LogP contribution is -2.57. The van der Waals surface area contributed by atoms with Crippen LogP contribution in [0.2, 0.25) is 0 Å². The first-order valence-corrected chi connectivity index (χ1v) is 31.1. The molecule has 7 amide bonds. The summed E-state index contributed by atoms with van der Waals surface area (Å²) >= 11 is 1.88. The van der Waals surface area contributed by atoms with Gasteiger partial charge in [-0.15, -0.1) is 0 Å². The lowest BCUT2D eigenvalue weighted by Gasteiger charge is -2.30. The molecular weight excluding hydrogens is 1310 g/mol. The number of unbranched alkanes of at least 4 members (excludes halogenated alkanes) is 5. The summed E-state index contributed by atoms with van der Waals surface area (Å²) in [5, 5.41) is 94.9. The number of hydrogen-bond donors (Lipinski definition) is 15. The van der Waals surface area contributed by atoms with E-state index in [1.165, 1.54) is 12.1 Å². The third kappa shape index (κ3) is 32.4. The van der Waals surface area contributed by atoms with E-state index in [9.17, 15) is 98.1 Å². The molecule has 1 aliphatic heterocycles. The molecule has 0 aliphatic carbocycles. The second-order valence-corrected chi connectivity index (χ2v) is 23.1. The average molecular weight is 1400 g/mol. The van der Waals surface area contributed by atoms with Gasteiger partial charge in [-0.05, 0) is 110 Å². The van der Waals surface area contributed by atoms with E-state index >= 15 is 0 Å². The van der Waals surface area contributed by atoms with Crippen molar-refractivity contribution in [1.82, 2.24) is 51.9 Å². The molecule has 31 nitrogen and oxygen atoms in total. The minimum Gasteiger partial charge on any atom is -0.507 e. The summed E-state index contributed by atoms with van der Waals surface area (Å²) in [6.07, 6.45) is 2.09. The molecule has 504 valence electrons. The zero-order valence-electron chi connectivity index (χ0n) is 50.5. The Kier molecular flexibility index (Phi) is 35.5. The Morgan fingerprint density at radius 1 is 0.429 bits per heavy atom. The molecule has 1 fully saturated rings. The largest absolute Gasteiger partial charge is 0.507 e. The summed E-state index contributed by atoms with van der Waals surface area (Å²) in [5.41, 5.74) is 1.08. The van der Waals surface area contributed by atoms with Crippen molar-refractivity contribution >= 4 is 99.9 Å². The second-order valence-electron chi connectivity index (χ2n) is 22.0. The summed E-state index contributed by atoms with van der Waals surface area (Å²) in [6, 6.07) is 3.57. The summed E-state index contributed by atoms with van der Waals surface area (Å²) in [7, 11) is 0. The summed E-state index contributed by atoms with van der Waals surface area (Å²) in [6.45, 7) is 0.560. The van der Waals surface area contributed by atoms with Gasteiger partial charge in [0.2, 0.25) is 29.5 Å². The van der Waals surface area contributed by atoms with Gasteiger partial charge in [0.25, 0.3) is 0 Å². The summed E-state index contributed by atoms with van der Waals surface area (Å²) < 4.78 is 0.424. The minimum atomic E-state index is -1.54. The number of carbonyl (C=O) groups excluding carboxylic acids is 6. The van der Waals surface area contributed by atoms with Gasteiger partial charge >= 0.3 is 47.8 Å². The number of halogens is 1. The van der Waals surface area contributed by atoms with Gasteiger partial charge in [0.15, 0.2) is 0 Å². The Balaban J connectivity index is 1.51. The van der Waals surface area contributed by atoms with Crippen LogP contribution in [0.15, 0.2) is 48.5 Å². The van der Waals surface area contributed by atoms with E-state index in [-0.39, 0.29) is 141 Å². The number of amides is 7. The zero-order chi connectivity index (χ0) is 67.4. The third-order valence-electron chi connectivity index (χ3n) is 14.8. The number of benzene rings is 2. The van der Waals surface area contributed by atoms with Crippen LogP contribution in [0, 0.1) is 3.57 Å². The molecule has 15 N–H and O–H groups in total. The van der Waals surface area contributed by atoms with Crippen molar-refractivity contribution < 1.29 is 103 Å². The molecule has 1 heterocycles. The quantitative estimate of drug-likeness (QED) is 0.0320. The fourth-order valence-electron chi connectivity index (χ4n) is 9.79. The summed E-state index contributed by atoms with van der Waals surface area (Å²) in [4.78, 5) is 166. The van der Waals surface area contributed by atoms with Gasteiger partial charge in [-0.1, -0.05) is 49.2 Å². The number of phenols is 1. The molecule has 1 aliphatic rings. The van der Waals surface area contributed by atoms with E-state index in [4.69, 9.17) is 5.11 Å². The second kappa shape index (κ2) is 41.9.